The van der Waals surface area contributed by atoms with Gasteiger partial charge in [-0.1, -0.05) is 175 Å². The average molecular weight is 775 g/mol. The van der Waals surface area contributed by atoms with Crippen molar-refractivity contribution in [2.45, 2.75) is 219 Å². The van der Waals surface area contributed by atoms with Crippen molar-refractivity contribution in [3.8, 4) is 0 Å². The Kier molecular flexibility index (Phi) is 42.7. The molecule has 10 heteroatoms. The first kappa shape index (κ1) is 54.4. The van der Waals surface area contributed by atoms with Crippen molar-refractivity contribution in [3.05, 3.63) is 0 Å². The summed E-state index contributed by atoms with van der Waals surface area (Å²) in [5, 5.41) is 34.0. The van der Waals surface area contributed by atoms with Gasteiger partial charge in [0.15, 0.2) is 6.10 Å². The zero-order valence-corrected chi connectivity index (χ0v) is 35.3. The van der Waals surface area contributed by atoms with Crippen LogP contribution in [-0.2, 0) is 28.6 Å². The lowest BCUT2D eigenvalue weighted by molar-refractivity contribution is -0.167. The Bertz CT molecular complexity index is 762. The molecule has 0 aromatic rings. The summed E-state index contributed by atoms with van der Waals surface area (Å²) in [5.41, 5.74) is -1.11. The molecule has 0 amide bonds. The van der Waals surface area contributed by atoms with Gasteiger partial charge in [0.25, 0.3) is 0 Å². The summed E-state index contributed by atoms with van der Waals surface area (Å²) in [6.45, 7) is 4.94. The lowest BCUT2D eigenvalue weighted by atomic mass is 9.93. The number of aliphatic hydroxyl groups is 4. The van der Waals surface area contributed by atoms with Gasteiger partial charge < -0.3 is 34.6 Å². The number of hydrogen-bond acceptors (Lipinski definition) is 10. The molecule has 0 saturated heterocycles. The van der Waals surface area contributed by atoms with Crippen molar-refractivity contribution in [2.75, 3.05) is 39.6 Å². The average Bonchev–Trinajstić information content (AvgIpc) is 3.18. The topological polar surface area (TPSA) is 160 Å². The molecule has 322 valence electrons. The minimum absolute atomic E-state index is 0.0644. The number of aliphatic hydroxyl groups excluding tert-OH is 4. The second-order valence-corrected chi connectivity index (χ2v) is 15.3. The van der Waals surface area contributed by atoms with Gasteiger partial charge in [0.05, 0.1) is 31.8 Å². The number of hydrogen-bond donors (Lipinski definition) is 4. The standard InChI is InChI=1S/C39H74O6.C5H12O4/c1-4-7-10-13-16-19-22-25-28-31-37(40)43-34-36(45-39(42)33-30-27-24-21-18-15-12-9-6-3)35-44-38(41)32-29-26-23-20-17-14-11-8-5-2;6-1-5(2-7,3-8)4-9/h36H,4-35H2,1-3H3;6-9H,1-4H2. The first-order chi connectivity index (χ1) is 26.3. The quantitative estimate of drug-likeness (QED) is 0.0269. The first-order valence-corrected chi connectivity index (χ1v) is 22.2. The van der Waals surface area contributed by atoms with Gasteiger partial charge in [-0.2, -0.15) is 0 Å². The van der Waals surface area contributed by atoms with E-state index < -0.39 is 37.9 Å². The Morgan fingerprint density at radius 2 is 0.630 bits per heavy atom. The van der Waals surface area contributed by atoms with Gasteiger partial charge in [0, 0.05) is 19.3 Å². The fourth-order valence-corrected chi connectivity index (χ4v) is 5.92. The first-order valence-electron chi connectivity index (χ1n) is 22.2. The smallest absolute Gasteiger partial charge is 0.306 e. The molecule has 0 heterocycles. The van der Waals surface area contributed by atoms with Crippen molar-refractivity contribution in [1.82, 2.24) is 0 Å². The second-order valence-electron chi connectivity index (χ2n) is 15.3. The van der Waals surface area contributed by atoms with Crippen LogP contribution in [0, 0.1) is 5.41 Å². The molecule has 0 fully saturated rings. The van der Waals surface area contributed by atoms with Crippen molar-refractivity contribution in [2.24, 2.45) is 5.41 Å². The maximum absolute atomic E-state index is 12.6. The van der Waals surface area contributed by atoms with Crippen molar-refractivity contribution >= 4 is 17.9 Å². The van der Waals surface area contributed by atoms with Crippen LogP contribution in [-0.4, -0.2) is 84.1 Å². The largest absolute Gasteiger partial charge is 0.462 e. The number of ether oxygens (including phenoxy) is 3. The highest BCUT2D eigenvalue weighted by Gasteiger charge is 2.26. The normalized spacial score (nSPS) is 11.3. The van der Waals surface area contributed by atoms with Crippen LogP contribution in [0.3, 0.4) is 0 Å². The molecule has 0 aliphatic heterocycles. The summed E-state index contributed by atoms with van der Waals surface area (Å²) in [4.78, 5) is 37.3. The molecule has 0 saturated carbocycles. The van der Waals surface area contributed by atoms with Crippen LogP contribution in [0.5, 0.6) is 0 Å². The van der Waals surface area contributed by atoms with Crippen LogP contribution >= 0.6 is 0 Å². The van der Waals surface area contributed by atoms with Crippen molar-refractivity contribution in [3.63, 3.8) is 0 Å². The van der Waals surface area contributed by atoms with E-state index in [0.29, 0.717) is 19.3 Å². The van der Waals surface area contributed by atoms with Gasteiger partial charge in [0.2, 0.25) is 0 Å². The molecule has 0 aliphatic carbocycles. The van der Waals surface area contributed by atoms with Crippen LogP contribution in [0.15, 0.2) is 0 Å². The van der Waals surface area contributed by atoms with E-state index in [1.807, 2.05) is 0 Å². The van der Waals surface area contributed by atoms with Gasteiger partial charge >= 0.3 is 17.9 Å². The molecule has 0 aromatic heterocycles. The molecule has 0 spiro atoms. The molecular formula is C44H86O10. The van der Waals surface area contributed by atoms with Crippen LogP contribution in [0.2, 0.25) is 0 Å². The van der Waals surface area contributed by atoms with Crippen LogP contribution in [0.25, 0.3) is 0 Å². The van der Waals surface area contributed by atoms with Crippen LogP contribution < -0.4 is 0 Å². The molecule has 0 aliphatic rings. The maximum atomic E-state index is 12.6. The molecule has 0 atom stereocenters. The number of carbonyl (C=O) groups is 3. The monoisotopic (exact) mass is 775 g/mol. The summed E-state index contributed by atoms with van der Waals surface area (Å²) < 4.78 is 16.5. The number of carbonyl (C=O) groups excluding carboxylic acids is 3. The second kappa shape index (κ2) is 42.4. The van der Waals surface area contributed by atoms with Crippen molar-refractivity contribution in [1.29, 1.82) is 0 Å². The Labute approximate surface area is 330 Å². The molecule has 0 rings (SSSR count). The molecule has 0 bridgehead atoms. The Hall–Kier alpha value is -1.75. The van der Waals surface area contributed by atoms with E-state index >= 15 is 0 Å². The maximum Gasteiger partial charge on any atom is 0.306 e. The molecular weight excluding hydrogens is 688 g/mol. The van der Waals surface area contributed by atoms with Gasteiger partial charge in [-0.3, -0.25) is 14.4 Å². The molecule has 0 aromatic carbocycles. The third-order valence-corrected chi connectivity index (χ3v) is 9.95. The Morgan fingerprint density at radius 3 is 0.870 bits per heavy atom. The highest BCUT2D eigenvalue weighted by molar-refractivity contribution is 5.71. The fourth-order valence-electron chi connectivity index (χ4n) is 5.92. The number of rotatable bonds is 39. The van der Waals surface area contributed by atoms with Crippen molar-refractivity contribution < 1.29 is 49.0 Å². The van der Waals surface area contributed by atoms with E-state index in [-0.39, 0.29) is 31.1 Å². The third-order valence-electron chi connectivity index (χ3n) is 9.95. The summed E-state index contributed by atoms with van der Waals surface area (Å²) in [6, 6.07) is 0. The van der Waals surface area contributed by atoms with E-state index in [0.717, 1.165) is 57.8 Å². The van der Waals surface area contributed by atoms with Gasteiger partial charge in [-0.25, -0.2) is 0 Å². The summed E-state index contributed by atoms with van der Waals surface area (Å²) in [7, 11) is 0. The Morgan fingerprint density at radius 1 is 0.389 bits per heavy atom. The van der Waals surface area contributed by atoms with Gasteiger partial charge in [0.1, 0.15) is 13.2 Å². The highest BCUT2D eigenvalue weighted by Crippen LogP contribution is 2.15. The lowest BCUT2D eigenvalue weighted by Crippen LogP contribution is -2.37. The van der Waals surface area contributed by atoms with E-state index in [2.05, 4.69) is 20.8 Å². The number of unbranched alkanes of at least 4 members (excludes halogenated alkanes) is 24. The molecule has 0 unspecified atom stereocenters. The summed E-state index contributed by atoms with van der Waals surface area (Å²) in [5.74, 6) is -0.870. The SMILES string of the molecule is CCCCCCCCCCCC(=O)OCC(COC(=O)CCCCCCCCCCC)OC(=O)CCCCCCCCCCC.OCC(CO)(CO)CO. The van der Waals surface area contributed by atoms with E-state index in [9.17, 15) is 14.4 Å². The summed E-state index contributed by atoms with van der Waals surface area (Å²) in [6.07, 6.45) is 32.3. The highest BCUT2D eigenvalue weighted by atomic mass is 16.6. The zero-order valence-electron chi connectivity index (χ0n) is 35.3. The minimum atomic E-state index is -1.11. The predicted octanol–water partition coefficient (Wildman–Crippen LogP) is 9.69. The predicted molar refractivity (Wildman–Crippen MR) is 218 cm³/mol. The van der Waals surface area contributed by atoms with E-state index in [1.165, 1.54) is 116 Å². The van der Waals surface area contributed by atoms with E-state index in [1.54, 1.807) is 0 Å². The van der Waals surface area contributed by atoms with E-state index in [4.69, 9.17) is 34.6 Å². The molecule has 10 nitrogen and oxygen atoms in total. The lowest BCUT2D eigenvalue weighted by Gasteiger charge is -2.23. The third kappa shape index (κ3) is 37.2. The zero-order chi connectivity index (χ0) is 40.4. The molecule has 4 N–H and O–H groups in total. The van der Waals surface area contributed by atoms with Crippen LogP contribution in [0.4, 0.5) is 0 Å². The van der Waals surface area contributed by atoms with Crippen LogP contribution in [0.1, 0.15) is 213 Å². The fraction of sp³-hybridized carbons (Fsp3) is 0.932. The van der Waals surface area contributed by atoms with Gasteiger partial charge in [-0.15, -0.1) is 0 Å². The molecule has 0 radical (unpaired) electrons. The summed E-state index contributed by atoms with van der Waals surface area (Å²) >= 11 is 0. The molecule has 54 heavy (non-hydrogen) atoms. The number of esters is 3. The van der Waals surface area contributed by atoms with Gasteiger partial charge in [-0.05, 0) is 19.3 Å². The minimum Gasteiger partial charge on any atom is -0.462 e. The Balaban J connectivity index is 0.